The fraction of sp³-hybridized carbons (Fsp3) is 0. The van der Waals surface area contributed by atoms with E-state index < -0.39 is 0 Å². The van der Waals surface area contributed by atoms with Crippen molar-refractivity contribution in [2.24, 2.45) is 0 Å². The Morgan fingerprint density at radius 1 is 0.404 bits per heavy atom. The molecule has 0 saturated heterocycles. The molecule has 9 aromatic rings. The topological polar surface area (TPSA) is 64.7 Å². The average Bonchev–Trinajstić information content (AvgIpc) is 3.55. The lowest BCUT2D eigenvalue weighted by Crippen LogP contribution is -2.00. The second-order valence-corrected chi connectivity index (χ2v) is 11.5. The SMILES string of the molecule is c1ccc(-c2nc(-c3ccccc3)nc(-c3ccc(-c4cc5c(oc6cccc(-c7ccccn7)c65)c5ccccc45)cc3)n2)cc1. The second-order valence-electron chi connectivity index (χ2n) is 11.5. The zero-order valence-corrected chi connectivity index (χ0v) is 25.2. The van der Waals surface area contributed by atoms with Crippen LogP contribution in [0.5, 0.6) is 0 Å². The van der Waals surface area contributed by atoms with Crippen molar-refractivity contribution in [3.05, 3.63) is 158 Å². The maximum Gasteiger partial charge on any atom is 0.164 e. The van der Waals surface area contributed by atoms with Crippen molar-refractivity contribution in [3.63, 3.8) is 0 Å². The van der Waals surface area contributed by atoms with Gasteiger partial charge in [-0.1, -0.05) is 127 Å². The van der Waals surface area contributed by atoms with Gasteiger partial charge in [0.25, 0.3) is 0 Å². The van der Waals surface area contributed by atoms with Crippen LogP contribution in [0.2, 0.25) is 0 Å². The van der Waals surface area contributed by atoms with Crippen LogP contribution < -0.4 is 0 Å². The van der Waals surface area contributed by atoms with Gasteiger partial charge < -0.3 is 4.42 Å². The summed E-state index contributed by atoms with van der Waals surface area (Å²) in [5.74, 6) is 1.92. The van der Waals surface area contributed by atoms with Gasteiger partial charge >= 0.3 is 0 Å². The lowest BCUT2D eigenvalue weighted by Gasteiger charge is -2.11. The Balaban J connectivity index is 1.21. The Labute approximate surface area is 270 Å². The van der Waals surface area contributed by atoms with Crippen LogP contribution in [0.4, 0.5) is 0 Å². The first kappa shape index (κ1) is 26.9. The Kier molecular flexibility index (Phi) is 6.39. The molecule has 0 saturated carbocycles. The summed E-state index contributed by atoms with van der Waals surface area (Å²) in [4.78, 5) is 19.3. The minimum Gasteiger partial charge on any atom is -0.455 e. The van der Waals surface area contributed by atoms with Crippen molar-refractivity contribution >= 4 is 32.7 Å². The molecule has 5 heteroatoms. The maximum absolute atomic E-state index is 6.54. The third-order valence-corrected chi connectivity index (χ3v) is 8.60. The molecule has 0 unspecified atom stereocenters. The molecule has 0 aliphatic heterocycles. The van der Waals surface area contributed by atoms with E-state index in [-0.39, 0.29) is 0 Å². The number of pyridine rings is 1. The molecule has 0 atom stereocenters. The number of aromatic nitrogens is 4. The monoisotopic (exact) mass is 602 g/mol. The molecule has 0 radical (unpaired) electrons. The van der Waals surface area contributed by atoms with Gasteiger partial charge in [0, 0.05) is 44.6 Å². The highest BCUT2D eigenvalue weighted by atomic mass is 16.3. The molecule has 0 aliphatic rings. The fourth-order valence-electron chi connectivity index (χ4n) is 6.36. The largest absolute Gasteiger partial charge is 0.455 e. The maximum atomic E-state index is 6.54. The number of rotatable bonds is 5. The summed E-state index contributed by atoms with van der Waals surface area (Å²) in [6.45, 7) is 0. The van der Waals surface area contributed by atoms with E-state index in [0.29, 0.717) is 17.5 Å². The molecule has 0 amide bonds. The first-order valence-electron chi connectivity index (χ1n) is 15.6. The highest BCUT2D eigenvalue weighted by molar-refractivity contribution is 6.22. The van der Waals surface area contributed by atoms with Gasteiger partial charge in [0.05, 0.1) is 5.69 Å². The van der Waals surface area contributed by atoms with Crippen LogP contribution >= 0.6 is 0 Å². The van der Waals surface area contributed by atoms with E-state index in [1.54, 1.807) is 0 Å². The van der Waals surface area contributed by atoms with Crippen molar-refractivity contribution in [2.75, 3.05) is 0 Å². The quantitative estimate of drug-likeness (QED) is 0.196. The molecule has 0 aliphatic carbocycles. The molecular weight excluding hydrogens is 576 g/mol. The summed E-state index contributed by atoms with van der Waals surface area (Å²) in [6.07, 6.45) is 1.83. The molecule has 6 aromatic carbocycles. The van der Waals surface area contributed by atoms with E-state index in [4.69, 9.17) is 19.4 Å². The van der Waals surface area contributed by atoms with Gasteiger partial charge in [0.1, 0.15) is 11.2 Å². The van der Waals surface area contributed by atoms with E-state index in [1.807, 2.05) is 97.2 Å². The summed E-state index contributed by atoms with van der Waals surface area (Å²) < 4.78 is 6.54. The normalized spacial score (nSPS) is 11.4. The third kappa shape index (κ3) is 4.73. The molecular formula is C42H26N4O. The van der Waals surface area contributed by atoms with E-state index in [0.717, 1.165) is 71.8 Å². The van der Waals surface area contributed by atoms with Crippen LogP contribution in [0.15, 0.2) is 162 Å². The van der Waals surface area contributed by atoms with E-state index in [2.05, 4.69) is 65.6 Å². The number of fused-ring (bicyclic) bond motifs is 5. The lowest BCUT2D eigenvalue weighted by molar-refractivity contribution is 0.673. The van der Waals surface area contributed by atoms with Gasteiger partial charge in [-0.25, -0.2) is 15.0 Å². The summed E-state index contributed by atoms with van der Waals surface area (Å²) >= 11 is 0. The predicted octanol–water partition coefficient (Wildman–Crippen LogP) is 10.7. The van der Waals surface area contributed by atoms with Crippen molar-refractivity contribution in [2.45, 2.75) is 0 Å². The van der Waals surface area contributed by atoms with Crippen LogP contribution in [0.25, 0.3) is 89.3 Å². The molecule has 220 valence electrons. The van der Waals surface area contributed by atoms with Crippen molar-refractivity contribution in [1.82, 2.24) is 19.9 Å². The molecule has 5 nitrogen and oxygen atoms in total. The van der Waals surface area contributed by atoms with Crippen LogP contribution in [-0.4, -0.2) is 19.9 Å². The van der Waals surface area contributed by atoms with Gasteiger partial charge in [-0.3, -0.25) is 4.98 Å². The van der Waals surface area contributed by atoms with Gasteiger partial charge in [-0.2, -0.15) is 0 Å². The van der Waals surface area contributed by atoms with Crippen LogP contribution in [0.3, 0.4) is 0 Å². The molecule has 0 spiro atoms. The molecule has 0 N–H and O–H groups in total. The number of nitrogens with zero attached hydrogens (tertiary/aromatic N) is 4. The minimum atomic E-state index is 0.630. The zero-order chi connectivity index (χ0) is 31.2. The fourth-order valence-corrected chi connectivity index (χ4v) is 6.36. The summed E-state index contributed by atoms with van der Waals surface area (Å²) in [6, 6.07) is 51.5. The Bertz CT molecular complexity index is 2490. The number of furan rings is 1. The highest BCUT2D eigenvalue weighted by Crippen LogP contribution is 2.42. The number of benzene rings is 6. The smallest absolute Gasteiger partial charge is 0.164 e. The van der Waals surface area contributed by atoms with E-state index in [1.165, 1.54) is 0 Å². The average molecular weight is 603 g/mol. The Hall–Kier alpha value is -6.46. The first-order chi connectivity index (χ1) is 23.3. The lowest BCUT2D eigenvalue weighted by atomic mass is 9.93. The second kappa shape index (κ2) is 11.2. The molecule has 47 heavy (non-hydrogen) atoms. The molecule has 9 rings (SSSR count). The first-order valence-corrected chi connectivity index (χ1v) is 15.6. The Morgan fingerprint density at radius 3 is 1.62 bits per heavy atom. The predicted molar refractivity (Wildman–Crippen MR) is 190 cm³/mol. The van der Waals surface area contributed by atoms with E-state index in [9.17, 15) is 0 Å². The summed E-state index contributed by atoms with van der Waals surface area (Å²) in [5.41, 5.74) is 8.73. The zero-order valence-electron chi connectivity index (χ0n) is 25.2. The van der Waals surface area contributed by atoms with Crippen molar-refractivity contribution in [3.8, 4) is 56.5 Å². The van der Waals surface area contributed by atoms with Gasteiger partial charge in [0.15, 0.2) is 17.5 Å². The summed E-state index contributed by atoms with van der Waals surface area (Å²) in [5, 5.41) is 4.34. The standard InChI is InChI=1S/C42H26N4O/c1-3-12-28(13-4-1)40-44-41(29-14-5-2-6-15-29)46-42(45-40)30-23-21-27(22-24-30)34-26-35-38-33(36-19-9-10-25-43-36)18-11-20-37(38)47-39(35)32-17-8-7-16-31(32)34/h1-26H. The molecule has 3 aromatic heterocycles. The number of hydrogen-bond acceptors (Lipinski definition) is 5. The Morgan fingerprint density at radius 2 is 0.979 bits per heavy atom. The highest BCUT2D eigenvalue weighted by Gasteiger charge is 2.18. The van der Waals surface area contributed by atoms with Crippen molar-refractivity contribution < 1.29 is 4.42 Å². The van der Waals surface area contributed by atoms with Crippen LogP contribution in [0.1, 0.15) is 0 Å². The van der Waals surface area contributed by atoms with E-state index >= 15 is 0 Å². The van der Waals surface area contributed by atoms with Gasteiger partial charge in [-0.15, -0.1) is 0 Å². The van der Waals surface area contributed by atoms with Gasteiger partial charge in [0.2, 0.25) is 0 Å². The minimum absolute atomic E-state index is 0.630. The van der Waals surface area contributed by atoms with Crippen LogP contribution in [0, 0.1) is 0 Å². The van der Waals surface area contributed by atoms with Crippen molar-refractivity contribution in [1.29, 1.82) is 0 Å². The number of hydrogen-bond donors (Lipinski definition) is 0. The van der Waals surface area contributed by atoms with Crippen LogP contribution in [-0.2, 0) is 0 Å². The third-order valence-electron chi connectivity index (χ3n) is 8.60. The van der Waals surface area contributed by atoms with Gasteiger partial charge in [-0.05, 0) is 40.8 Å². The molecule has 3 heterocycles. The molecule has 0 fully saturated rings. The summed E-state index contributed by atoms with van der Waals surface area (Å²) in [7, 11) is 0. The molecule has 0 bridgehead atoms.